The molecule has 0 aliphatic heterocycles. The average Bonchev–Trinajstić information content (AvgIpc) is 3.04. The molecule has 3 rings (SSSR count). The van der Waals surface area contributed by atoms with Crippen molar-refractivity contribution in [1.82, 2.24) is 9.55 Å². The fourth-order valence-electron chi connectivity index (χ4n) is 2.31. The van der Waals surface area contributed by atoms with Crippen molar-refractivity contribution in [3.63, 3.8) is 0 Å². The van der Waals surface area contributed by atoms with Gasteiger partial charge in [-0.1, -0.05) is 30.3 Å². The number of carbonyl (C=O) groups excluding carboxylic acids is 1. The molecule has 3 nitrogen and oxygen atoms in total. The third-order valence-electron chi connectivity index (χ3n) is 3.50. The zero-order chi connectivity index (χ0) is 11.7. The Balaban J connectivity index is 1.82. The Kier molecular flexibility index (Phi) is 2.32. The van der Waals surface area contributed by atoms with Gasteiger partial charge in [0, 0.05) is 12.4 Å². The Morgan fingerprint density at radius 1 is 1.29 bits per heavy atom. The van der Waals surface area contributed by atoms with E-state index in [1.807, 2.05) is 29.0 Å². The first-order valence-electron chi connectivity index (χ1n) is 5.86. The molecule has 86 valence electrons. The number of Topliss-reactive ketones (excluding diaryl/α,β-unsaturated/α-hetero) is 1. The van der Waals surface area contributed by atoms with Crippen LogP contribution >= 0.6 is 0 Å². The summed E-state index contributed by atoms with van der Waals surface area (Å²) in [4.78, 5) is 16.3. The van der Waals surface area contributed by atoms with Crippen molar-refractivity contribution < 1.29 is 4.79 Å². The molecule has 3 heteroatoms. The van der Waals surface area contributed by atoms with Crippen LogP contribution in [-0.4, -0.2) is 15.3 Å². The summed E-state index contributed by atoms with van der Waals surface area (Å²) in [6.45, 7) is 0.425. The zero-order valence-corrected chi connectivity index (χ0v) is 9.54. The summed E-state index contributed by atoms with van der Waals surface area (Å²) in [6.07, 6.45) is 7.18. The predicted octanol–water partition coefficient (Wildman–Crippen LogP) is 2.18. The molecule has 0 N–H and O–H groups in total. The van der Waals surface area contributed by atoms with Crippen molar-refractivity contribution in [3.8, 4) is 0 Å². The van der Waals surface area contributed by atoms with E-state index < -0.39 is 0 Å². The van der Waals surface area contributed by atoms with Crippen LogP contribution < -0.4 is 0 Å². The van der Waals surface area contributed by atoms with Gasteiger partial charge in [-0.2, -0.15) is 0 Å². The molecule has 2 aromatic rings. The number of aromatic nitrogens is 2. The van der Waals surface area contributed by atoms with E-state index in [0.717, 1.165) is 18.4 Å². The van der Waals surface area contributed by atoms with E-state index in [1.165, 1.54) is 0 Å². The minimum Gasteiger partial charge on any atom is -0.330 e. The number of benzene rings is 1. The Morgan fingerprint density at radius 2 is 2.06 bits per heavy atom. The fourth-order valence-corrected chi connectivity index (χ4v) is 2.31. The third-order valence-corrected chi connectivity index (χ3v) is 3.50. The van der Waals surface area contributed by atoms with Crippen LogP contribution in [-0.2, 0) is 16.8 Å². The highest BCUT2D eigenvalue weighted by Gasteiger charge is 2.50. The first-order chi connectivity index (χ1) is 8.31. The Morgan fingerprint density at radius 3 is 2.65 bits per heavy atom. The Bertz CT molecular complexity index is 512. The summed E-state index contributed by atoms with van der Waals surface area (Å²) >= 11 is 0. The van der Waals surface area contributed by atoms with Crippen LogP contribution in [0.3, 0.4) is 0 Å². The van der Waals surface area contributed by atoms with Crippen molar-refractivity contribution in [2.24, 2.45) is 0 Å². The van der Waals surface area contributed by atoms with Crippen LogP contribution in [0.4, 0.5) is 0 Å². The van der Waals surface area contributed by atoms with Crippen LogP contribution in [0.15, 0.2) is 49.1 Å². The molecule has 0 radical (unpaired) electrons. The highest BCUT2D eigenvalue weighted by Crippen LogP contribution is 2.49. The Hall–Kier alpha value is -1.90. The van der Waals surface area contributed by atoms with Gasteiger partial charge in [0.1, 0.15) is 0 Å². The number of imidazole rings is 1. The van der Waals surface area contributed by atoms with Crippen molar-refractivity contribution in [2.75, 3.05) is 0 Å². The molecule has 0 bridgehead atoms. The summed E-state index contributed by atoms with van der Waals surface area (Å²) in [5, 5.41) is 0. The maximum absolute atomic E-state index is 12.3. The molecule has 0 spiro atoms. The van der Waals surface area contributed by atoms with E-state index in [9.17, 15) is 4.79 Å². The van der Waals surface area contributed by atoms with Gasteiger partial charge in [-0.15, -0.1) is 0 Å². The lowest BCUT2D eigenvalue weighted by molar-refractivity contribution is -0.122. The van der Waals surface area contributed by atoms with Crippen LogP contribution in [0.25, 0.3) is 0 Å². The fraction of sp³-hybridized carbons (Fsp3) is 0.286. The molecule has 0 amide bonds. The standard InChI is InChI=1S/C14H14N2O/c17-13(10-16-9-8-15-11-16)14(6-7-14)12-4-2-1-3-5-12/h1-5,8-9,11H,6-7,10H2. The molecule has 0 unspecified atom stereocenters. The van der Waals surface area contributed by atoms with Crippen LogP contribution in [0.1, 0.15) is 18.4 Å². The zero-order valence-electron chi connectivity index (χ0n) is 9.54. The maximum atomic E-state index is 12.3. The van der Waals surface area contributed by atoms with Crippen LogP contribution in [0.2, 0.25) is 0 Å². The first-order valence-corrected chi connectivity index (χ1v) is 5.86. The second-order valence-electron chi connectivity index (χ2n) is 4.61. The lowest BCUT2D eigenvalue weighted by Gasteiger charge is -2.14. The van der Waals surface area contributed by atoms with Gasteiger partial charge in [-0.25, -0.2) is 4.98 Å². The molecule has 1 fully saturated rings. The molecular weight excluding hydrogens is 212 g/mol. The number of ketones is 1. The van der Waals surface area contributed by atoms with Gasteiger partial charge >= 0.3 is 0 Å². The van der Waals surface area contributed by atoms with Gasteiger partial charge in [-0.05, 0) is 18.4 Å². The van der Waals surface area contributed by atoms with Gasteiger partial charge in [0.15, 0.2) is 5.78 Å². The number of nitrogens with zero attached hydrogens (tertiary/aromatic N) is 2. The smallest absolute Gasteiger partial charge is 0.163 e. The van der Waals surface area contributed by atoms with Crippen LogP contribution in [0.5, 0.6) is 0 Å². The molecular formula is C14H14N2O. The molecule has 17 heavy (non-hydrogen) atoms. The minimum atomic E-state index is -0.217. The molecule has 1 aliphatic carbocycles. The van der Waals surface area contributed by atoms with Gasteiger partial charge in [0.05, 0.1) is 18.3 Å². The summed E-state index contributed by atoms with van der Waals surface area (Å²) in [6, 6.07) is 10.1. The topological polar surface area (TPSA) is 34.9 Å². The van der Waals surface area contributed by atoms with Gasteiger partial charge in [-0.3, -0.25) is 4.79 Å². The number of rotatable bonds is 4. The third kappa shape index (κ3) is 1.78. The highest BCUT2D eigenvalue weighted by atomic mass is 16.1. The van der Waals surface area contributed by atoms with E-state index in [1.54, 1.807) is 12.5 Å². The van der Waals surface area contributed by atoms with Crippen LogP contribution in [0, 0.1) is 0 Å². The SMILES string of the molecule is O=C(Cn1ccnc1)C1(c2ccccc2)CC1. The van der Waals surface area contributed by atoms with Crippen molar-refractivity contribution in [1.29, 1.82) is 0 Å². The molecule has 0 saturated heterocycles. The minimum absolute atomic E-state index is 0.217. The summed E-state index contributed by atoms with van der Waals surface area (Å²) in [5.74, 6) is 0.293. The van der Waals surface area contributed by atoms with Gasteiger partial charge < -0.3 is 4.57 Å². The molecule has 0 atom stereocenters. The maximum Gasteiger partial charge on any atom is 0.163 e. The number of carbonyl (C=O) groups is 1. The predicted molar refractivity (Wildman–Crippen MR) is 64.6 cm³/mol. The molecule has 1 heterocycles. The lowest BCUT2D eigenvalue weighted by atomic mass is 9.91. The van der Waals surface area contributed by atoms with Gasteiger partial charge in [0.2, 0.25) is 0 Å². The second-order valence-corrected chi connectivity index (χ2v) is 4.61. The molecule has 1 aromatic heterocycles. The number of hydrogen-bond acceptors (Lipinski definition) is 2. The summed E-state index contributed by atoms with van der Waals surface area (Å²) < 4.78 is 1.84. The molecule has 1 saturated carbocycles. The summed E-state index contributed by atoms with van der Waals surface area (Å²) in [7, 11) is 0. The van der Waals surface area contributed by atoms with Crippen molar-refractivity contribution >= 4 is 5.78 Å². The monoisotopic (exact) mass is 226 g/mol. The van der Waals surface area contributed by atoms with Crippen molar-refractivity contribution in [2.45, 2.75) is 24.8 Å². The summed E-state index contributed by atoms with van der Waals surface area (Å²) in [5.41, 5.74) is 0.941. The highest BCUT2D eigenvalue weighted by molar-refractivity contribution is 5.92. The largest absolute Gasteiger partial charge is 0.330 e. The Labute approximate surface area is 100 Å². The molecule has 1 aliphatic rings. The lowest BCUT2D eigenvalue weighted by Crippen LogP contribution is -2.24. The van der Waals surface area contributed by atoms with E-state index in [2.05, 4.69) is 17.1 Å². The normalized spacial score (nSPS) is 16.7. The van der Waals surface area contributed by atoms with E-state index >= 15 is 0 Å². The van der Waals surface area contributed by atoms with Gasteiger partial charge in [0.25, 0.3) is 0 Å². The molecule has 1 aromatic carbocycles. The van der Waals surface area contributed by atoms with E-state index in [0.29, 0.717) is 12.3 Å². The van der Waals surface area contributed by atoms with E-state index in [-0.39, 0.29) is 5.41 Å². The number of hydrogen-bond donors (Lipinski definition) is 0. The average molecular weight is 226 g/mol. The quantitative estimate of drug-likeness (QED) is 0.801. The second kappa shape index (κ2) is 3.84. The first kappa shape index (κ1) is 10.3. The van der Waals surface area contributed by atoms with Crippen molar-refractivity contribution in [3.05, 3.63) is 54.6 Å². The van der Waals surface area contributed by atoms with E-state index in [4.69, 9.17) is 0 Å².